The van der Waals surface area contributed by atoms with Crippen molar-refractivity contribution in [1.82, 2.24) is 14.7 Å². The molecule has 0 bridgehead atoms. The molecule has 4 fully saturated rings. The molecule has 262 valence electrons. The molecule has 0 spiro atoms. The molecule has 1 unspecified atom stereocenters. The largest absolute Gasteiger partial charge is 0.481 e. The second kappa shape index (κ2) is 14.7. The molecule has 2 N–H and O–H groups in total. The quantitative estimate of drug-likeness (QED) is 0.229. The average Bonchev–Trinajstić information content (AvgIpc) is 3.78. The number of nitrogens with zero attached hydrogens (tertiary/aromatic N) is 3. The van der Waals surface area contributed by atoms with Gasteiger partial charge >= 0.3 is 5.97 Å². The van der Waals surface area contributed by atoms with Crippen LogP contribution in [-0.4, -0.2) is 94.7 Å². The number of benzene rings is 2. The Morgan fingerprint density at radius 2 is 1.65 bits per heavy atom. The molecule has 0 radical (unpaired) electrons. The SMILES string of the molecule is O=C(Nc1cc(F)c(CC(=O)C(O[C@H]2CC[C@H](C(=O)O)CC2)(N2CCCC2)N2CC(N3CCCCC3)C2)cc1Cl)c1csc2ccccc12. The summed E-state index contributed by atoms with van der Waals surface area (Å²) in [5.74, 6) is -3.84. The second-order valence-corrected chi connectivity index (χ2v) is 15.3. The number of likely N-dealkylation sites (tertiary alicyclic amines) is 3. The molecule has 4 aliphatic rings. The highest BCUT2D eigenvalue weighted by atomic mass is 35.5. The summed E-state index contributed by atoms with van der Waals surface area (Å²) in [6.07, 6.45) is 7.05. The standard InChI is InChI=1S/C37H44ClFN4O5S/c38-30-18-25(31(39)20-32(30)40-35(45)29-23-49-33-9-3-2-8-28(29)33)19-34(44)37(42-16-6-7-17-42,48-27-12-10-24(11-13-27)36(46)47)43-21-26(22-43)41-14-4-1-5-15-41/h2-3,8-9,18,20,23-24,26-27H,1,4-7,10-17,19,21-22H2,(H,40,45)(H,46,47)/t24-,27-,37?. The van der Waals surface area contributed by atoms with Crippen LogP contribution in [0.5, 0.6) is 0 Å². The summed E-state index contributed by atoms with van der Waals surface area (Å²) in [6, 6.07) is 10.6. The van der Waals surface area contributed by atoms with Crippen LogP contribution >= 0.6 is 22.9 Å². The number of carboxylic acids is 1. The molecule has 3 aliphatic heterocycles. The number of rotatable bonds is 11. The minimum absolute atomic E-state index is 0.139. The summed E-state index contributed by atoms with van der Waals surface area (Å²) in [7, 11) is 0. The minimum atomic E-state index is -1.38. The Kier molecular flexibility index (Phi) is 10.4. The van der Waals surface area contributed by atoms with Gasteiger partial charge in [-0.05, 0) is 88.2 Å². The third-order valence-corrected chi connectivity index (χ3v) is 12.2. The Balaban J connectivity index is 1.14. The van der Waals surface area contributed by atoms with E-state index in [9.17, 15) is 19.5 Å². The van der Waals surface area contributed by atoms with Crippen LogP contribution in [-0.2, 0) is 20.7 Å². The van der Waals surface area contributed by atoms with Crippen LogP contribution in [0.3, 0.4) is 0 Å². The lowest BCUT2D eigenvalue weighted by Crippen LogP contribution is -2.76. The first-order valence-electron chi connectivity index (χ1n) is 17.7. The number of thiophene rings is 1. The summed E-state index contributed by atoms with van der Waals surface area (Å²) < 4.78 is 23.8. The van der Waals surface area contributed by atoms with E-state index in [4.69, 9.17) is 16.3 Å². The number of halogens is 2. The molecular weight excluding hydrogens is 667 g/mol. The highest BCUT2D eigenvalue weighted by molar-refractivity contribution is 7.17. The summed E-state index contributed by atoms with van der Waals surface area (Å²) in [4.78, 5) is 46.5. The van der Waals surface area contributed by atoms with Crippen molar-refractivity contribution in [2.24, 2.45) is 5.92 Å². The van der Waals surface area contributed by atoms with Crippen molar-refractivity contribution in [1.29, 1.82) is 0 Å². The fraction of sp³-hybridized carbons (Fsp3) is 0.541. The molecule has 1 aromatic heterocycles. The maximum Gasteiger partial charge on any atom is 0.306 e. The maximum atomic E-state index is 15.9. The molecule has 12 heteroatoms. The van der Waals surface area contributed by atoms with Gasteiger partial charge in [0.25, 0.3) is 5.91 Å². The number of nitrogens with one attached hydrogen (secondary N) is 1. The molecule has 9 nitrogen and oxygen atoms in total. The smallest absolute Gasteiger partial charge is 0.306 e. The Morgan fingerprint density at radius 1 is 0.959 bits per heavy atom. The first-order valence-corrected chi connectivity index (χ1v) is 18.9. The molecule has 7 rings (SSSR count). The van der Waals surface area contributed by atoms with Gasteiger partial charge in [-0.25, -0.2) is 4.39 Å². The zero-order chi connectivity index (χ0) is 34.1. The molecule has 49 heavy (non-hydrogen) atoms. The van der Waals surface area contributed by atoms with Gasteiger partial charge in [0.05, 0.1) is 28.3 Å². The summed E-state index contributed by atoms with van der Waals surface area (Å²) in [5.41, 5.74) is 0.766. The first kappa shape index (κ1) is 34.5. The van der Waals surface area contributed by atoms with E-state index in [0.717, 1.165) is 36.0 Å². The molecule has 3 aromatic rings. The first-order chi connectivity index (χ1) is 23.7. The van der Waals surface area contributed by atoms with Crippen molar-refractivity contribution in [2.75, 3.05) is 44.6 Å². The molecular formula is C37H44ClFN4O5S. The van der Waals surface area contributed by atoms with Gasteiger partial charge in [0.15, 0.2) is 5.78 Å². The van der Waals surface area contributed by atoms with Gasteiger partial charge in [0.2, 0.25) is 5.85 Å². The number of hydrogen-bond donors (Lipinski definition) is 2. The maximum absolute atomic E-state index is 15.9. The topological polar surface area (TPSA) is 102 Å². The van der Waals surface area contributed by atoms with Crippen LogP contribution in [0.15, 0.2) is 41.8 Å². The van der Waals surface area contributed by atoms with Gasteiger partial charge in [0.1, 0.15) is 5.82 Å². The van der Waals surface area contributed by atoms with E-state index in [2.05, 4.69) is 20.0 Å². The summed E-state index contributed by atoms with van der Waals surface area (Å²) in [6.45, 7) is 4.84. The van der Waals surface area contributed by atoms with Crippen LogP contribution < -0.4 is 5.32 Å². The number of Topliss-reactive ketones (excluding diaryl/α,β-unsaturated/α-hetero) is 1. The lowest BCUT2D eigenvalue weighted by molar-refractivity contribution is -0.276. The number of aliphatic carboxylic acids is 1. The zero-order valence-electron chi connectivity index (χ0n) is 27.7. The van der Waals surface area contributed by atoms with Crippen molar-refractivity contribution >= 4 is 56.4 Å². The Labute approximate surface area is 295 Å². The number of anilines is 1. The van der Waals surface area contributed by atoms with E-state index in [0.29, 0.717) is 63.5 Å². The molecule has 3 saturated heterocycles. The van der Waals surface area contributed by atoms with E-state index in [1.165, 1.54) is 42.7 Å². The Morgan fingerprint density at radius 3 is 2.37 bits per heavy atom. The van der Waals surface area contributed by atoms with Crippen molar-refractivity contribution < 1.29 is 28.6 Å². The molecule has 1 atom stereocenters. The van der Waals surface area contributed by atoms with Crippen LogP contribution in [0.4, 0.5) is 10.1 Å². The van der Waals surface area contributed by atoms with Crippen molar-refractivity contribution in [3.05, 3.63) is 63.7 Å². The van der Waals surface area contributed by atoms with Crippen molar-refractivity contribution in [3.8, 4) is 0 Å². The number of hydrogen-bond acceptors (Lipinski definition) is 8. The molecule has 1 saturated carbocycles. The third kappa shape index (κ3) is 7.03. The predicted molar refractivity (Wildman–Crippen MR) is 189 cm³/mol. The molecule has 1 aliphatic carbocycles. The second-order valence-electron chi connectivity index (χ2n) is 14.0. The van der Waals surface area contributed by atoms with E-state index in [-0.39, 0.29) is 40.5 Å². The van der Waals surface area contributed by atoms with Gasteiger partial charge in [-0.2, -0.15) is 0 Å². The monoisotopic (exact) mass is 710 g/mol. The number of carbonyl (C=O) groups is 3. The summed E-state index contributed by atoms with van der Waals surface area (Å²) in [5, 5.41) is 15.1. The highest BCUT2D eigenvalue weighted by Gasteiger charge is 2.56. The summed E-state index contributed by atoms with van der Waals surface area (Å²) >= 11 is 8.11. The van der Waals surface area contributed by atoms with Crippen molar-refractivity contribution in [3.63, 3.8) is 0 Å². The van der Waals surface area contributed by atoms with Gasteiger partial charge in [-0.15, -0.1) is 11.3 Å². The van der Waals surface area contributed by atoms with E-state index < -0.39 is 23.6 Å². The van der Waals surface area contributed by atoms with Crippen LogP contribution in [0, 0.1) is 11.7 Å². The zero-order valence-corrected chi connectivity index (χ0v) is 29.2. The lowest BCUT2D eigenvalue weighted by Gasteiger charge is -2.57. The fourth-order valence-electron chi connectivity index (χ4n) is 8.12. The van der Waals surface area contributed by atoms with E-state index >= 15 is 4.39 Å². The van der Waals surface area contributed by atoms with Gasteiger partial charge < -0.3 is 15.2 Å². The van der Waals surface area contributed by atoms with Crippen LogP contribution in [0.2, 0.25) is 5.02 Å². The van der Waals surface area contributed by atoms with Gasteiger partial charge in [0, 0.05) is 54.1 Å². The van der Waals surface area contributed by atoms with E-state index in [1.54, 1.807) is 5.38 Å². The van der Waals surface area contributed by atoms with Crippen molar-refractivity contribution in [2.45, 2.75) is 82.2 Å². The predicted octanol–water partition coefficient (Wildman–Crippen LogP) is 6.64. The lowest BCUT2D eigenvalue weighted by atomic mass is 9.87. The Bertz CT molecular complexity index is 1690. The molecule has 2 aromatic carbocycles. The average molecular weight is 711 g/mol. The van der Waals surface area contributed by atoms with Crippen LogP contribution in [0.1, 0.15) is 73.7 Å². The normalized spacial score (nSPS) is 24.0. The number of ketones is 1. The van der Waals surface area contributed by atoms with Gasteiger partial charge in [-0.3, -0.25) is 29.1 Å². The van der Waals surface area contributed by atoms with Crippen LogP contribution in [0.25, 0.3) is 10.1 Å². The number of carboxylic acid groups (broad SMARTS) is 1. The minimum Gasteiger partial charge on any atom is -0.481 e. The molecule has 4 heterocycles. The van der Waals surface area contributed by atoms with Gasteiger partial charge in [-0.1, -0.05) is 36.2 Å². The highest BCUT2D eigenvalue weighted by Crippen LogP contribution is 2.40. The molecule has 1 amide bonds. The number of fused-ring (bicyclic) bond motifs is 1. The third-order valence-electron chi connectivity index (χ3n) is 10.9. The number of amides is 1. The number of ether oxygens (including phenoxy) is 1. The fourth-order valence-corrected chi connectivity index (χ4v) is 9.29. The van der Waals surface area contributed by atoms with E-state index in [1.807, 2.05) is 24.3 Å². The number of carbonyl (C=O) groups excluding carboxylic acids is 2. The number of piperidine rings is 1. The Hall–Kier alpha value is -2.93.